The molecule has 0 spiro atoms. The zero-order chi connectivity index (χ0) is 18.2. The lowest BCUT2D eigenvalue weighted by Gasteiger charge is -2.60. The van der Waals surface area contributed by atoms with Crippen LogP contribution in [0.15, 0.2) is 11.6 Å². The second-order valence-electron chi connectivity index (χ2n) is 9.53. The monoisotopic (exact) mass is 346 g/mol. The van der Waals surface area contributed by atoms with Gasteiger partial charge in [0.1, 0.15) is 5.60 Å². The van der Waals surface area contributed by atoms with Crippen molar-refractivity contribution in [2.24, 2.45) is 28.6 Å². The third kappa shape index (κ3) is 2.07. The molecule has 4 aliphatic carbocycles. The second kappa shape index (κ2) is 5.26. The van der Waals surface area contributed by atoms with Crippen molar-refractivity contribution in [3.8, 4) is 0 Å². The number of hydrogen-bond donors (Lipinski definition) is 2. The van der Waals surface area contributed by atoms with Gasteiger partial charge in [-0.15, -0.1) is 0 Å². The molecule has 138 valence electrons. The lowest BCUT2D eigenvalue weighted by Crippen LogP contribution is -2.61. The van der Waals surface area contributed by atoms with Gasteiger partial charge in [0.15, 0.2) is 11.6 Å². The van der Waals surface area contributed by atoms with E-state index in [0.29, 0.717) is 25.2 Å². The Bertz CT molecular complexity index is 667. The number of allylic oxidation sites excluding steroid dienone is 1. The molecule has 4 aliphatic rings. The van der Waals surface area contributed by atoms with Crippen molar-refractivity contribution in [2.45, 2.75) is 77.4 Å². The molecule has 0 bridgehead atoms. The van der Waals surface area contributed by atoms with Gasteiger partial charge in [0, 0.05) is 11.8 Å². The van der Waals surface area contributed by atoms with Crippen LogP contribution in [-0.2, 0) is 9.59 Å². The number of aliphatic hydroxyl groups excluding tert-OH is 1. The number of hydrogen-bond acceptors (Lipinski definition) is 4. The molecule has 0 aliphatic heterocycles. The van der Waals surface area contributed by atoms with E-state index >= 15 is 0 Å². The van der Waals surface area contributed by atoms with Crippen LogP contribution in [0.1, 0.15) is 65.7 Å². The molecule has 2 N–H and O–H groups in total. The number of Topliss-reactive ketones (excluding diaryl/α,β-unsaturated/α-hetero) is 1. The van der Waals surface area contributed by atoms with E-state index in [-0.39, 0.29) is 28.8 Å². The van der Waals surface area contributed by atoms with Gasteiger partial charge in [0.2, 0.25) is 0 Å². The molecule has 4 nitrogen and oxygen atoms in total. The smallest absolute Gasteiger partial charge is 0.161 e. The SMILES string of the molecule is CC(=O)[C@@]1(O)CC[C@@H]2[C@@H]3CCC4=CC(=O)CC[C@]4(C)[C@@H]3[C@H](O)C[C@]21C. The molecule has 0 radical (unpaired) electrons. The number of fused-ring (bicyclic) bond motifs is 5. The van der Waals surface area contributed by atoms with E-state index in [0.717, 1.165) is 25.7 Å². The Kier molecular flexibility index (Phi) is 3.66. The minimum atomic E-state index is -1.30. The Hall–Kier alpha value is -1.00. The van der Waals surface area contributed by atoms with Crippen molar-refractivity contribution in [3.63, 3.8) is 0 Å². The van der Waals surface area contributed by atoms with Gasteiger partial charge < -0.3 is 10.2 Å². The average Bonchev–Trinajstić information content (AvgIpc) is 2.80. The molecule has 3 saturated carbocycles. The zero-order valence-corrected chi connectivity index (χ0v) is 15.5. The number of rotatable bonds is 1. The standard InChI is InChI=1S/C21H30O4/c1-12(22)21(25)9-7-16-15-5-4-13-10-14(23)6-8-19(13,2)18(15)17(24)11-20(16,21)3/h10,15-18,24-25H,4-9,11H2,1-3H3/t15-,16+,17+,18-,19-,20+,21-/m0/s1. The van der Waals surface area contributed by atoms with Crippen molar-refractivity contribution in [3.05, 3.63) is 11.6 Å². The van der Waals surface area contributed by atoms with E-state index in [1.165, 1.54) is 12.5 Å². The fourth-order valence-electron chi connectivity index (χ4n) is 7.27. The van der Waals surface area contributed by atoms with E-state index in [1.807, 2.05) is 13.0 Å². The van der Waals surface area contributed by atoms with E-state index in [2.05, 4.69) is 6.92 Å². The maximum atomic E-state index is 12.2. The van der Waals surface area contributed by atoms with E-state index in [9.17, 15) is 19.8 Å². The molecule has 0 heterocycles. The van der Waals surface area contributed by atoms with Gasteiger partial charge in [-0.05, 0) is 74.7 Å². The minimum Gasteiger partial charge on any atom is -0.393 e. The van der Waals surface area contributed by atoms with Crippen LogP contribution >= 0.6 is 0 Å². The van der Waals surface area contributed by atoms with E-state index < -0.39 is 17.1 Å². The highest BCUT2D eigenvalue weighted by molar-refractivity contribution is 5.91. The molecule has 0 amide bonds. The molecule has 7 atom stereocenters. The van der Waals surface area contributed by atoms with Crippen LogP contribution in [0.2, 0.25) is 0 Å². The number of carbonyl (C=O) groups is 2. The Balaban J connectivity index is 1.75. The third-order valence-electron chi connectivity index (χ3n) is 8.63. The largest absolute Gasteiger partial charge is 0.393 e. The van der Waals surface area contributed by atoms with E-state index in [1.54, 1.807) is 0 Å². The van der Waals surface area contributed by atoms with Crippen molar-refractivity contribution >= 4 is 11.6 Å². The first kappa shape index (κ1) is 17.4. The third-order valence-corrected chi connectivity index (χ3v) is 8.63. The van der Waals surface area contributed by atoms with Crippen LogP contribution in [0.25, 0.3) is 0 Å². The van der Waals surface area contributed by atoms with Crippen LogP contribution in [0.5, 0.6) is 0 Å². The maximum absolute atomic E-state index is 12.2. The van der Waals surface area contributed by atoms with Crippen molar-refractivity contribution in [1.29, 1.82) is 0 Å². The summed E-state index contributed by atoms with van der Waals surface area (Å²) in [5, 5.41) is 22.3. The molecule has 3 fully saturated rings. The number of ketones is 2. The lowest BCUT2D eigenvalue weighted by atomic mass is 9.45. The zero-order valence-electron chi connectivity index (χ0n) is 15.5. The second-order valence-corrected chi connectivity index (χ2v) is 9.53. The summed E-state index contributed by atoms with van der Waals surface area (Å²) in [6.45, 7) is 5.73. The highest BCUT2D eigenvalue weighted by atomic mass is 16.3. The van der Waals surface area contributed by atoms with Crippen LogP contribution in [-0.4, -0.2) is 33.5 Å². The molecule has 4 rings (SSSR count). The van der Waals surface area contributed by atoms with Crippen LogP contribution in [0.3, 0.4) is 0 Å². The maximum Gasteiger partial charge on any atom is 0.161 e. The molecular formula is C21H30O4. The molecule has 25 heavy (non-hydrogen) atoms. The fraction of sp³-hybridized carbons (Fsp3) is 0.810. The predicted octanol–water partition coefficient (Wildman–Crippen LogP) is 2.81. The van der Waals surface area contributed by atoms with Crippen molar-refractivity contribution < 1.29 is 19.8 Å². The van der Waals surface area contributed by atoms with Crippen LogP contribution in [0, 0.1) is 28.6 Å². The summed E-state index contributed by atoms with van der Waals surface area (Å²) >= 11 is 0. The minimum absolute atomic E-state index is 0.117. The molecule has 0 aromatic carbocycles. The summed E-state index contributed by atoms with van der Waals surface area (Å²) in [6, 6.07) is 0. The van der Waals surface area contributed by atoms with Gasteiger partial charge in [0.25, 0.3) is 0 Å². The summed E-state index contributed by atoms with van der Waals surface area (Å²) in [5.41, 5.74) is -0.744. The normalized spacial score (nSPS) is 52.0. The first-order valence-electron chi connectivity index (χ1n) is 9.79. The molecule has 4 heteroatoms. The van der Waals surface area contributed by atoms with Crippen LogP contribution in [0.4, 0.5) is 0 Å². The summed E-state index contributed by atoms with van der Waals surface area (Å²) in [7, 11) is 0. The summed E-state index contributed by atoms with van der Waals surface area (Å²) in [5.74, 6) is 0.776. The molecular weight excluding hydrogens is 316 g/mol. The van der Waals surface area contributed by atoms with Gasteiger partial charge in [-0.2, -0.15) is 0 Å². The summed E-state index contributed by atoms with van der Waals surface area (Å²) in [4.78, 5) is 24.1. The quantitative estimate of drug-likeness (QED) is 0.766. The molecule has 0 aromatic heterocycles. The summed E-state index contributed by atoms with van der Waals surface area (Å²) in [6.07, 6.45) is 6.38. The van der Waals surface area contributed by atoms with Gasteiger partial charge in [0.05, 0.1) is 6.10 Å². The fourth-order valence-corrected chi connectivity index (χ4v) is 7.27. The van der Waals surface area contributed by atoms with E-state index in [4.69, 9.17) is 0 Å². The molecule has 0 unspecified atom stereocenters. The number of carbonyl (C=O) groups excluding carboxylic acids is 2. The topological polar surface area (TPSA) is 74.6 Å². The van der Waals surface area contributed by atoms with Crippen molar-refractivity contribution in [2.75, 3.05) is 0 Å². The van der Waals surface area contributed by atoms with Crippen molar-refractivity contribution in [1.82, 2.24) is 0 Å². The Morgan fingerprint density at radius 2 is 1.92 bits per heavy atom. The highest BCUT2D eigenvalue weighted by Gasteiger charge is 2.67. The van der Waals surface area contributed by atoms with Gasteiger partial charge in [-0.25, -0.2) is 0 Å². The van der Waals surface area contributed by atoms with Gasteiger partial charge >= 0.3 is 0 Å². The first-order chi connectivity index (χ1) is 11.6. The highest BCUT2D eigenvalue weighted by Crippen LogP contribution is 2.67. The molecule has 0 saturated heterocycles. The first-order valence-corrected chi connectivity index (χ1v) is 9.79. The van der Waals surface area contributed by atoms with Gasteiger partial charge in [-0.3, -0.25) is 9.59 Å². The molecule has 0 aromatic rings. The predicted molar refractivity (Wildman–Crippen MR) is 93.7 cm³/mol. The van der Waals surface area contributed by atoms with Crippen LogP contribution < -0.4 is 0 Å². The summed E-state index contributed by atoms with van der Waals surface area (Å²) < 4.78 is 0. The van der Waals surface area contributed by atoms with Gasteiger partial charge in [-0.1, -0.05) is 19.4 Å². The lowest BCUT2D eigenvalue weighted by molar-refractivity contribution is -0.179. The Morgan fingerprint density at radius 1 is 1.20 bits per heavy atom. The average molecular weight is 346 g/mol. The Labute approximate surface area is 149 Å². The number of aliphatic hydroxyl groups is 2. The Morgan fingerprint density at radius 3 is 2.60 bits per heavy atom.